The van der Waals surface area contributed by atoms with Gasteiger partial charge in [-0.25, -0.2) is 0 Å². The normalized spacial score (nSPS) is 19.2. The van der Waals surface area contributed by atoms with Crippen LogP contribution in [0, 0.1) is 5.92 Å². The van der Waals surface area contributed by atoms with Gasteiger partial charge in [0.2, 0.25) is 0 Å². The Bertz CT molecular complexity index is 538. The first-order chi connectivity index (χ1) is 8.77. The molecule has 1 atom stereocenters. The summed E-state index contributed by atoms with van der Waals surface area (Å²) in [7, 11) is 2.10. The Morgan fingerprint density at radius 1 is 1.28 bits per heavy atom. The summed E-state index contributed by atoms with van der Waals surface area (Å²) in [5.41, 5.74) is 9.09. The Hall–Kier alpha value is -1.32. The highest BCUT2D eigenvalue weighted by molar-refractivity contribution is 5.84. The van der Waals surface area contributed by atoms with E-state index in [0.29, 0.717) is 5.92 Å². The van der Waals surface area contributed by atoms with E-state index in [0.717, 1.165) is 13.1 Å². The van der Waals surface area contributed by atoms with Gasteiger partial charge in [0, 0.05) is 30.2 Å². The number of nitrogens with two attached hydrogens (primary N) is 1. The molecule has 1 fully saturated rings. The van der Waals surface area contributed by atoms with Crippen LogP contribution >= 0.6 is 0 Å². The maximum absolute atomic E-state index is 6.51. The fourth-order valence-corrected chi connectivity index (χ4v) is 3.10. The van der Waals surface area contributed by atoms with Crippen molar-refractivity contribution >= 4 is 10.9 Å². The van der Waals surface area contributed by atoms with Crippen LogP contribution in [0.1, 0.15) is 24.4 Å². The van der Waals surface area contributed by atoms with Crippen LogP contribution in [0.5, 0.6) is 0 Å². The summed E-state index contributed by atoms with van der Waals surface area (Å²) in [5, 5.41) is 4.71. The second-order valence-corrected chi connectivity index (χ2v) is 5.33. The number of hydrogen-bond acceptors (Lipinski definition) is 2. The third-order valence-corrected chi connectivity index (χ3v) is 4.18. The van der Waals surface area contributed by atoms with Crippen LogP contribution in [0.4, 0.5) is 0 Å². The van der Waals surface area contributed by atoms with Gasteiger partial charge in [-0.2, -0.15) is 0 Å². The zero-order valence-electron chi connectivity index (χ0n) is 10.9. The van der Waals surface area contributed by atoms with Crippen LogP contribution in [0.2, 0.25) is 0 Å². The summed E-state index contributed by atoms with van der Waals surface area (Å²) in [6.45, 7) is 2.20. The number of hydrogen-bond donors (Lipinski definition) is 2. The summed E-state index contributed by atoms with van der Waals surface area (Å²) in [5.74, 6) is 0.608. The molecule has 2 aromatic rings. The molecule has 3 heteroatoms. The van der Waals surface area contributed by atoms with Gasteiger partial charge in [0.05, 0.1) is 0 Å². The first-order valence-electron chi connectivity index (χ1n) is 6.77. The molecule has 96 valence electrons. The molecule has 3 nitrogen and oxygen atoms in total. The van der Waals surface area contributed by atoms with Crippen molar-refractivity contribution in [2.24, 2.45) is 18.7 Å². The van der Waals surface area contributed by atoms with Crippen molar-refractivity contribution in [3.8, 4) is 0 Å². The zero-order chi connectivity index (χ0) is 12.5. The molecule has 0 aliphatic carbocycles. The molecule has 0 amide bonds. The Balaban J connectivity index is 1.98. The summed E-state index contributed by atoms with van der Waals surface area (Å²) >= 11 is 0. The first-order valence-corrected chi connectivity index (χ1v) is 6.77. The summed E-state index contributed by atoms with van der Waals surface area (Å²) < 4.78 is 2.19. The van der Waals surface area contributed by atoms with Crippen LogP contribution < -0.4 is 11.1 Å². The summed E-state index contributed by atoms with van der Waals surface area (Å²) in [6.07, 6.45) is 4.58. The van der Waals surface area contributed by atoms with E-state index >= 15 is 0 Å². The minimum atomic E-state index is 0.165. The van der Waals surface area contributed by atoms with E-state index in [4.69, 9.17) is 5.73 Å². The van der Waals surface area contributed by atoms with E-state index in [1.807, 2.05) is 0 Å². The monoisotopic (exact) mass is 243 g/mol. The van der Waals surface area contributed by atoms with Crippen molar-refractivity contribution in [3.05, 3.63) is 36.0 Å². The molecule has 1 aliphatic heterocycles. The fourth-order valence-electron chi connectivity index (χ4n) is 3.10. The number of aromatic nitrogens is 1. The molecule has 0 radical (unpaired) electrons. The fraction of sp³-hybridized carbons (Fsp3) is 0.467. The lowest BCUT2D eigenvalue weighted by molar-refractivity contribution is 0.323. The second-order valence-electron chi connectivity index (χ2n) is 5.33. The smallest absolute Gasteiger partial charge is 0.0481 e. The Morgan fingerprint density at radius 2 is 2.00 bits per heavy atom. The van der Waals surface area contributed by atoms with Crippen LogP contribution in [-0.2, 0) is 7.05 Å². The van der Waals surface area contributed by atoms with Gasteiger partial charge in [-0.1, -0.05) is 18.2 Å². The molecule has 1 unspecified atom stereocenters. The van der Waals surface area contributed by atoms with E-state index in [-0.39, 0.29) is 6.04 Å². The lowest BCUT2D eigenvalue weighted by Gasteiger charge is -2.28. The maximum Gasteiger partial charge on any atom is 0.0481 e. The maximum atomic E-state index is 6.51. The van der Waals surface area contributed by atoms with Gasteiger partial charge in [0.1, 0.15) is 0 Å². The first kappa shape index (κ1) is 11.8. The molecule has 1 saturated heterocycles. The molecule has 0 bridgehead atoms. The van der Waals surface area contributed by atoms with Crippen molar-refractivity contribution in [1.82, 2.24) is 9.88 Å². The summed E-state index contributed by atoms with van der Waals surface area (Å²) in [4.78, 5) is 0. The van der Waals surface area contributed by atoms with Crippen molar-refractivity contribution < 1.29 is 0 Å². The van der Waals surface area contributed by atoms with Crippen LogP contribution in [-0.4, -0.2) is 17.7 Å². The van der Waals surface area contributed by atoms with Gasteiger partial charge < -0.3 is 15.6 Å². The van der Waals surface area contributed by atoms with Gasteiger partial charge in [-0.3, -0.25) is 0 Å². The van der Waals surface area contributed by atoms with Crippen LogP contribution in [0.25, 0.3) is 10.9 Å². The molecule has 0 spiro atoms. The van der Waals surface area contributed by atoms with E-state index in [1.165, 1.54) is 29.3 Å². The minimum absolute atomic E-state index is 0.165. The van der Waals surface area contributed by atoms with Crippen molar-refractivity contribution in [2.75, 3.05) is 13.1 Å². The average molecular weight is 243 g/mol. The number of benzene rings is 1. The third-order valence-electron chi connectivity index (χ3n) is 4.18. The highest BCUT2D eigenvalue weighted by atomic mass is 14.9. The van der Waals surface area contributed by atoms with Crippen molar-refractivity contribution in [3.63, 3.8) is 0 Å². The quantitative estimate of drug-likeness (QED) is 0.849. The van der Waals surface area contributed by atoms with Crippen LogP contribution in [0.15, 0.2) is 30.5 Å². The van der Waals surface area contributed by atoms with E-state index in [1.54, 1.807) is 0 Å². The largest absolute Gasteiger partial charge is 0.350 e. The number of piperidine rings is 1. The predicted molar refractivity (Wildman–Crippen MR) is 75.4 cm³/mol. The number of para-hydroxylation sites is 1. The van der Waals surface area contributed by atoms with Gasteiger partial charge in [0.25, 0.3) is 0 Å². The topological polar surface area (TPSA) is 43.0 Å². The Kier molecular flexibility index (Phi) is 3.10. The standard InChI is InChI=1S/C15H21N3/c1-18-10-13(12-4-2-3-5-14(12)18)15(16)11-6-8-17-9-7-11/h2-5,10-11,15,17H,6-9,16H2,1H3. The average Bonchev–Trinajstić information content (AvgIpc) is 2.77. The molecule has 1 aromatic heterocycles. The molecule has 18 heavy (non-hydrogen) atoms. The Labute approximate surface area is 108 Å². The molecule has 3 rings (SSSR count). The Morgan fingerprint density at radius 3 is 2.78 bits per heavy atom. The molecular formula is C15H21N3. The highest BCUT2D eigenvalue weighted by Crippen LogP contribution is 2.32. The van der Waals surface area contributed by atoms with E-state index in [9.17, 15) is 0 Å². The van der Waals surface area contributed by atoms with Gasteiger partial charge in [-0.05, 0) is 43.5 Å². The van der Waals surface area contributed by atoms with Crippen LogP contribution in [0.3, 0.4) is 0 Å². The molecule has 1 aliphatic rings. The highest BCUT2D eigenvalue weighted by Gasteiger charge is 2.24. The predicted octanol–water partition coefficient (Wildman–Crippen LogP) is 2.18. The van der Waals surface area contributed by atoms with Gasteiger partial charge in [0.15, 0.2) is 0 Å². The van der Waals surface area contributed by atoms with Crippen molar-refractivity contribution in [1.29, 1.82) is 0 Å². The summed E-state index contributed by atoms with van der Waals surface area (Å²) in [6, 6.07) is 8.70. The number of aryl methyl sites for hydroxylation is 1. The molecule has 3 N–H and O–H groups in total. The van der Waals surface area contributed by atoms with Gasteiger partial charge >= 0.3 is 0 Å². The number of fused-ring (bicyclic) bond motifs is 1. The second kappa shape index (κ2) is 4.75. The zero-order valence-corrected chi connectivity index (χ0v) is 10.9. The molecule has 0 saturated carbocycles. The molecular weight excluding hydrogens is 222 g/mol. The molecule has 1 aromatic carbocycles. The van der Waals surface area contributed by atoms with Gasteiger partial charge in [-0.15, -0.1) is 0 Å². The van der Waals surface area contributed by atoms with Crippen molar-refractivity contribution in [2.45, 2.75) is 18.9 Å². The third kappa shape index (κ3) is 1.93. The SMILES string of the molecule is Cn1cc(C(N)C2CCNCC2)c2ccccc21. The van der Waals surface area contributed by atoms with E-state index < -0.39 is 0 Å². The minimum Gasteiger partial charge on any atom is -0.350 e. The number of nitrogens with one attached hydrogen (secondary N) is 1. The van der Waals surface area contributed by atoms with E-state index in [2.05, 4.69) is 47.4 Å². The molecule has 2 heterocycles. The number of nitrogens with zero attached hydrogens (tertiary/aromatic N) is 1. The lowest BCUT2D eigenvalue weighted by atomic mass is 9.86. The number of rotatable bonds is 2. The lowest BCUT2D eigenvalue weighted by Crippen LogP contribution is -2.33.